The summed E-state index contributed by atoms with van der Waals surface area (Å²) in [6, 6.07) is 16.2. The highest BCUT2D eigenvalue weighted by atomic mass is 35.5. The molecule has 0 bridgehead atoms. The Kier molecular flexibility index (Phi) is 5.16. The molecule has 0 spiro atoms. The maximum atomic E-state index is 12.4. The van der Waals surface area contributed by atoms with E-state index in [4.69, 9.17) is 27.6 Å². The Morgan fingerprint density at radius 2 is 1.72 bits per heavy atom. The maximum absolute atomic E-state index is 12.4. The average Bonchev–Trinajstić information content (AvgIpc) is 3.07. The second-order valence-corrected chi connectivity index (χ2v) is 6.86. The van der Waals surface area contributed by atoms with Gasteiger partial charge in [-0.15, -0.1) is 0 Å². The Balaban J connectivity index is 1.77. The van der Waals surface area contributed by atoms with Crippen LogP contribution in [0.15, 0.2) is 59.0 Å². The summed E-state index contributed by atoms with van der Waals surface area (Å²) in [5.74, 6) is 0.827. The molecule has 2 aromatic carbocycles. The molecule has 0 saturated heterocycles. The minimum Gasteiger partial charge on any atom is -0.451 e. The van der Waals surface area contributed by atoms with Crippen LogP contribution < -0.4 is 5.32 Å². The molecule has 0 fully saturated rings. The average molecular weight is 374 g/mol. The quantitative estimate of drug-likeness (QED) is 0.557. The van der Waals surface area contributed by atoms with Gasteiger partial charge in [0, 0.05) is 16.3 Å². The van der Waals surface area contributed by atoms with Gasteiger partial charge in [0.2, 0.25) is 0 Å². The Bertz CT molecular complexity index is 898. The number of halogens is 2. The first-order valence-corrected chi connectivity index (χ1v) is 8.66. The Morgan fingerprint density at radius 1 is 1.00 bits per heavy atom. The molecule has 0 aliphatic carbocycles. The Hall–Kier alpha value is -2.23. The predicted octanol–water partition coefficient (Wildman–Crippen LogP) is 6.63. The number of benzene rings is 2. The summed E-state index contributed by atoms with van der Waals surface area (Å²) in [6.45, 7) is 4.25. The highest BCUT2D eigenvalue weighted by molar-refractivity contribution is 6.35. The van der Waals surface area contributed by atoms with Crippen LogP contribution in [0.4, 0.5) is 5.69 Å². The molecule has 3 nitrogen and oxygen atoms in total. The SMILES string of the molecule is CC(C)c1ccc(NC(=O)c2ccc(-c3cc(Cl)ccc3Cl)o2)cc1. The predicted molar refractivity (Wildman–Crippen MR) is 103 cm³/mol. The lowest BCUT2D eigenvalue weighted by Gasteiger charge is -2.07. The second-order valence-electron chi connectivity index (χ2n) is 6.02. The third kappa shape index (κ3) is 4.06. The van der Waals surface area contributed by atoms with E-state index in [-0.39, 0.29) is 11.7 Å². The van der Waals surface area contributed by atoms with Gasteiger partial charge in [-0.05, 0) is 53.9 Å². The minimum absolute atomic E-state index is 0.207. The van der Waals surface area contributed by atoms with Gasteiger partial charge in [-0.2, -0.15) is 0 Å². The van der Waals surface area contributed by atoms with Gasteiger partial charge in [0.05, 0.1) is 5.02 Å². The fourth-order valence-electron chi connectivity index (χ4n) is 2.44. The third-order valence-electron chi connectivity index (χ3n) is 3.86. The molecule has 1 aromatic heterocycles. The molecule has 3 aromatic rings. The van der Waals surface area contributed by atoms with Gasteiger partial charge < -0.3 is 9.73 Å². The van der Waals surface area contributed by atoms with E-state index in [0.29, 0.717) is 33.0 Å². The van der Waals surface area contributed by atoms with E-state index in [1.165, 1.54) is 5.56 Å². The van der Waals surface area contributed by atoms with Gasteiger partial charge in [-0.3, -0.25) is 4.79 Å². The van der Waals surface area contributed by atoms with Crippen molar-refractivity contribution < 1.29 is 9.21 Å². The molecule has 25 heavy (non-hydrogen) atoms. The topological polar surface area (TPSA) is 42.2 Å². The Labute approximate surface area is 156 Å². The van der Waals surface area contributed by atoms with Gasteiger partial charge in [0.1, 0.15) is 5.76 Å². The van der Waals surface area contributed by atoms with Crippen LogP contribution in [0.1, 0.15) is 35.9 Å². The number of hydrogen-bond acceptors (Lipinski definition) is 2. The number of carbonyl (C=O) groups excluding carboxylic acids is 1. The van der Waals surface area contributed by atoms with Crippen LogP contribution in [-0.4, -0.2) is 5.91 Å². The molecule has 1 amide bonds. The number of furan rings is 1. The van der Waals surface area contributed by atoms with Crippen molar-refractivity contribution in [1.29, 1.82) is 0 Å². The van der Waals surface area contributed by atoms with Crippen molar-refractivity contribution in [3.05, 3.63) is 76.0 Å². The summed E-state index contributed by atoms with van der Waals surface area (Å²) in [5, 5.41) is 3.88. The number of hydrogen-bond donors (Lipinski definition) is 1. The number of amides is 1. The van der Waals surface area contributed by atoms with E-state index < -0.39 is 0 Å². The first kappa shape index (κ1) is 17.6. The molecule has 128 valence electrons. The van der Waals surface area contributed by atoms with E-state index in [1.54, 1.807) is 30.3 Å². The summed E-state index contributed by atoms with van der Waals surface area (Å²) in [7, 11) is 0. The maximum Gasteiger partial charge on any atom is 0.291 e. The zero-order chi connectivity index (χ0) is 18.0. The molecule has 0 atom stereocenters. The molecular formula is C20H17Cl2NO2. The molecule has 0 saturated carbocycles. The molecule has 0 unspecified atom stereocenters. The molecule has 0 radical (unpaired) electrons. The second kappa shape index (κ2) is 7.34. The lowest BCUT2D eigenvalue weighted by atomic mass is 10.0. The molecule has 1 N–H and O–H groups in total. The summed E-state index contributed by atoms with van der Waals surface area (Å²) in [6.07, 6.45) is 0. The van der Waals surface area contributed by atoms with Gasteiger partial charge >= 0.3 is 0 Å². The fraction of sp³-hybridized carbons (Fsp3) is 0.150. The van der Waals surface area contributed by atoms with Crippen LogP contribution in [0.2, 0.25) is 10.0 Å². The Morgan fingerprint density at radius 3 is 2.40 bits per heavy atom. The minimum atomic E-state index is -0.318. The van der Waals surface area contributed by atoms with Crippen LogP contribution in [0.3, 0.4) is 0 Å². The zero-order valence-corrected chi connectivity index (χ0v) is 15.4. The third-order valence-corrected chi connectivity index (χ3v) is 4.42. The molecule has 0 aliphatic heterocycles. The summed E-state index contributed by atoms with van der Waals surface area (Å²) in [5.41, 5.74) is 2.58. The highest BCUT2D eigenvalue weighted by Gasteiger charge is 2.14. The number of nitrogens with one attached hydrogen (secondary N) is 1. The first-order valence-electron chi connectivity index (χ1n) is 7.90. The van der Waals surface area contributed by atoms with Crippen LogP contribution in [0.25, 0.3) is 11.3 Å². The van der Waals surface area contributed by atoms with Crippen LogP contribution in [0, 0.1) is 0 Å². The largest absolute Gasteiger partial charge is 0.451 e. The van der Waals surface area contributed by atoms with E-state index in [2.05, 4.69) is 19.2 Å². The zero-order valence-electron chi connectivity index (χ0n) is 13.8. The van der Waals surface area contributed by atoms with Gasteiger partial charge in [-0.1, -0.05) is 49.2 Å². The van der Waals surface area contributed by atoms with Crippen molar-refractivity contribution in [2.24, 2.45) is 0 Å². The smallest absolute Gasteiger partial charge is 0.291 e. The summed E-state index contributed by atoms with van der Waals surface area (Å²) < 4.78 is 5.65. The molecule has 3 rings (SSSR count). The molecular weight excluding hydrogens is 357 g/mol. The van der Waals surface area contributed by atoms with Crippen molar-refractivity contribution in [2.45, 2.75) is 19.8 Å². The number of carbonyl (C=O) groups is 1. The summed E-state index contributed by atoms with van der Waals surface area (Å²) in [4.78, 5) is 12.4. The highest BCUT2D eigenvalue weighted by Crippen LogP contribution is 2.32. The number of rotatable bonds is 4. The first-order chi connectivity index (χ1) is 11.9. The molecule has 1 heterocycles. The van der Waals surface area contributed by atoms with Crippen molar-refractivity contribution in [3.8, 4) is 11.3 Å². The van der Waals surface area contributed by atoms with Gasteiger partial charge in [0.15, 0.2) is 5.76 Å². The van der Waals surface area contributed by atoms with Gasteiger partial charge in [0.25, 0.3) is 5.91 Å². The standard InChI is InChI=1S/C20H17Cl2NO2/c1-12(2)13-3-6-15(7-4-13)23-20(24)19-10-9-18(25-19)16-11-14(21)5-8-17(16)22/h3-12H,1-2H3,(H,23,24). The molecule has 5 heteroatoms. The summed E-state index contributed by atoms with van der Waals surface area (Å²) >= 11 is 12.2. The molecule has 0 aliphatic rings. The number of anilines is 1. The van der Waals surface area contributed by atoms with Crippen molar-refractivity contribution in [1.82, 2.24) is 0 Å². The van der Waals surface area contributed by atoms with Crippen LogP contribution in [0.5, 0.6) is 0 Å². The van der Waals surface area contributed by atoms with Crippen LogP contribution in [-0.2, 0) is 0 Å². The van der Waals surface area contributed by atoms with Crippen molar-refractivity contribution in [3.63, 3.8) is 0 Å². The lowest BCUT2D eigenvalue weighted by molar-refractivity contribution is 0.0997. The van der Waals surface area contributed by atoms with E-state index in [0.717, 1.165) is 0 Å². The van der Waals surface area contributed by atoms with Crippen molar-refractivity contribution in [2.75, 3.05) is 5.32 Å². The van der Waals surface area contributed by atoms with Crippen LogP contribution >= 0.6 is 23.2 Å². The van der Waals surface area contributed by atoms with Crippen molar-refractivity contribution >= 4 is 34.8 Å². The van der Waals surface area contributed by atoms with E-state index in [9.17, 15) is 4.79 Å². The van der Waals surface area contributed by atoms with E-state index in [1.807, 2.05) is 24.3 Å². The van der Waals surface area contributed by atoms with E-state index >= 15 is 0 Å². The van der Waals surface area contributed by atoms with Gasteiger partial charge in [-0.25, -0.2) is 0 Å². The monoisotopic (exact) mass is 373 g/mol. The lowest BCUT2D eigenvalue weighted by Crippen LogP contribution is -2.10. The fourth-order valence-corrected chi connectivity index (χ4v) is 2.82. The normalized spacial score (nSPS) is 10.9.